The summed E-state index contributed by atoms with van der Waals surface area (Å²) in [5.41, 5.74) is 1.58. The van der Waals surface area contributed by atoms with E-state index >= 15 is 0 Å². The first-order valence-corrected chi connectivity index (χ1v) is 7.26. The monoisotopic (exact) mass is 252 g/mol. The summed E-state index contributed by atoms with van der Waals surface area (Å²) in [6.45, 7) is 3.85. The second kappa shape index (κ2) is 4.21. The summed E-state index contributed by atoms with van der Waals surface area (Å²) in [5.74, 6) is 0. The van der Waals surface area contributed by atoms with Crippen LogP contribution in [0.2, 0.25) is 4.97 Å². The van der Waals surface area contributed by atoms with Gasteiger partial charge in [0, 0.05) is 0 Å². The van der Waals surface area contributed by atoms with Gasteiger partial charge in [0.05, 0.1) is 0 Å². The molecule has 0 bridgehead atoms. The fraction of sp³-hybridized carbons (Fsp3) is 0.556. The Morgan fingerprint density at radius 3 is 2.60 bits per heavy atom. The van der Waals surface area contributed by atoms with Crippen molar-refractivity contribution in [2.45, 2.75) is 30.7 Å². The molecule has 0 nitrogen and oxygen atoms in total. The van der Waals surface area contributed by atoms with E-state index in [1.165, 1.54) is 25.7 Å². The molecule has 0 atom stereocenters. The van der Waals surface area contributed by atoms with Crippen molar-refractivity contribution < 1.29 is 0 Å². The van der Waals surface area contributed by atoms with Gasteiger partial charge in [-0.1, -0.05) is 0 Å². The van der Waals surface area contributed by atoms with Crippen LogP contribution in [-0.2, 0) is 0 Å². The van der Waals surface area contributed by atoms with E-state index in [1.54, 1.807) is 9.19 Å². The van der Waals surface area contributed by atoms with E-state index in [9.17, 15) is 0 Å². The van der Waals surface area contributed by atoms with Crippen LogP contribution in [-0.4, -0.2) is 20.9 Å². The molecule has 0 spiro atoms. The Hall–Kier alpha value is 0.270. The van der Waals surface area contributed by atoms with Crippen LogP contribution in [0.15, 0.2) is 21.8 Å². The molecular weight excluding hydrogens is 236 g/mol. The Morgan fingerprint density at radius 1 is 1.40 bits per heavy atom. The molecule has 1 aliphatic rings. The summed E-state index contributed by atoms with van der Waals surface area (Å²) < 4.78 is 1.77. The SMILES string of the molecule is C=CC1=C([Te]C)CCCC1. The Bertz CT molecular complexity index is 156. The molecule has 0 aromatic rings. The van der Waals surface area contributed by atoms with Crippen molar-refractivity contribution in [3.8, 4) is 0 Å². The summed E-state index contributed by atoms with van der Waals surface area (Å²) in [6, 6.07) is 0. The predicted octanol–water partition coefficient (Wildman–Crippen LogP) is 2.75. The summed E-state index contributed by atoms with van der Waals surface area (Å²) in [4.78, 5) is 2.37. The zero-order chi connectivity index (χ0) is 7.40. The minimum absolute atomic E-state index is 0.189. The first kappa shape index (κ1) is 8.37. The van der Waals surface area contributed by atoms with Crippen molar-refractivity contribution in [1.29, 1.82) is 0 Å². The van der Waals surface area contributed by atoms with E-state index in [0.29, 0.717) is 0 Å². The van der Waals surface area contributed by atoms with Crippen molar-refractivity contribution in [3.05, 3.63) is 21.8 Å². The van der Waals surface area contributed by atoms with Crippen LogP contribution in [0.4, 0.5) is 0 Å². The molecule has 0 saturated heterocycles. The van der Waals surface area contributed by atoms with Crippen LogP contribution in [0, 0.1) is 0 Å². The summed E-state index contributed by atoms with van der Waals surface area (Å²) in [6.07, 6.45) is 7.56. The van der Waals surface area contributed by atoms with Gasteiger partial charge < -0.3 is 0 Å². The zero-order valence-corrected chi connectivity index (χ0v) is 8.85. The summed E-state index contributed by atoms with van der Waals surface area (Å²) >= 11 is 0.189. The average molecular weight is 250 g/mol. The molecule has 1 heteroatoms. The Labute approximate surface area is 73.5 Å². The van der Waals surface area contributed by atoms with Crippen LogP contribution in [0.1, 0.15) is 25.7 Å². The van der Waals surface area contributed by atoms with Gasteiger partial charge in [0.1, 0.15) is 0 Å². The number of hydrogen-bond donors (Lipinski definition) is 0. The van der Waals surface area contributed by atoms with Crippen LogP contribution in [0.25, 0.3) is 0 Å². The van der Waals surface area contributed by atoms with Gasteiger partial charge in [-0.15, -0.1) is 0 Å². The molecule has 0 amide bonds. The molecule has 0 saturated carbocycles. The van der Waals surface area contributed by atoms with Crippen LogP contribution < -0.4 is 0 Å². The summed E-state index contributed by atoms with van der Waals surface area (Å²) in [7, 11) is 0. The van der Waals surface area contributed by atoms with Crippen molar-refractivity contribution in [1.82, 2.24) is 0 Å². The third kappa shape index (κ3) is 1.87. The quantitative estimate of drug-likeness (QED) is 0.661. The van der Waals surface area contributed by atoms with E-state index in [0.717, 1.165) is 0 Å². The fourth-order valence-electron chi connectivity index (χ4n) is 1.35. The first-order valence-electron chi connectivity index (χ1n) is 3.77. The van der Waals surface area contributed by atoms with Crippen molar-refractivity contribution in [3.63, 3.8) is 0 Å². The van der Waals surface area contributed by atoms with Gasteiger partial charge in [0.15, 0.2) is 0 Å². The number of hydrogen-bond acceptors (Lipinski definition) is 0. The molecule has 0 unspecified atom stereocenters. The molecule has 0 fully saturated rings. The molecule has 0 radical (unpaired) electrons. The number of allylic oxidation sites excluding steroid dienone is 3. The molecule has 0 aromatic heterocycles. The maximum atomic E-state index is 3.85. The molecular formula is C9H14Te. The Morgan fingerprint density at radius 2 is 2.10 bits per heavy atom. The van der Waals surface area contributed by atoms with Gasteiger partial charge in [-0.3, -0.25) is 0 Å². The summed E-state index contributed by atoms with van der Waals surface area (Å²) in [5, 5.41) is 0. The van der Waals surface area contributed by atoms with E-state index in [1.807, 2.05) is 0 Å². The van der Waals surface area contributed by atoms with Crippen molar-refractivity contribution in [2.24, 2.45) is 0 Å². The molecule has 0 aliphatic heterocycles. The van der Waals surface area contributed by atoms with Gasteiger partial charge in [0.2, 0.25) is 0 Å². The fourth-order valence-corrected chi connectivity index (χ4v) is 3.62. The van der Waals surface area contributed by atoms with E-state index in [2.05, 4.69) is 17.6 Å². The van der Waals surface area contributed by atoms with Gasteiger partial charge in [-0.05, 0) is 0 Å². The van der Waals surface area contributed by atoms with E-state index in [-0.39, 0.29) is 20.9 Å². The Kier molecular flexibility index (Phi) is 3.52. The second-order valence-corrected chi connectivity index (χ2v) is 5.14. The molecule has 10 heavy (non-hydrogen) atoms. The third-order valence-electron chi connectivity index (χ3n) is 1.95. The van der Waals surface area contributed by atoms with Crippen molar-refractivity contribution in [2.75, 3.05) is 0 Å². The molecule has 1 aliphatic carbocycles. The molecule has 0 N–H and O–H groups in total. The van der Waals surface area contributed by atoms with Gasteiger partial charge in [-0.25, -0.2) is 0 Å². The molecule has 56 valence electrons. The van der Waals surface area contributed by atoms with E-state index < -0.39 is 0 Å². The maximum absolute atomic E-state index is 3.85. The van der Waals surface area contributed by atoms with Gasteiger partial charge in [-0.2, -0.15) is 0 Å². The van der Waals surface area contributed by atoms with Crippen LogP contribution in [0.3, 0.4) is 0 Å². The van der Waals surface area contributed by atoms with Gasteiger partial charge >= 0.3 is 73.4 Å². The molecule has 0 heterocycles. The predicted molar refractivity (Wildman–Crippen MR) is 47.3 cm³/mol. The zero-order valence-electron chi connectivity index (χ0n) is 6.52. The van der Waals surface area contributed by atoms with Crippen LogP contribution in [0.5, 0.6) is 0 Å². The average Bonchev–Trinajstić information content (AvgIpc) is 2.04. The molecule has 0 aromatic carbocycles. The normalized spacial score (nSPS) is 19.3. The topological polar surface area (TPSA) is 0 Å². The van der Waals surface area contributed by atoms with Gasteiger partial charge in [0.25, 0.3) is 0 Å². The third-order valence-corrected chi connectivity index (χ3v) is 4.69. The standard InChI is InChI=1S/C9H14Te/c1-3-8-6-4-5-7-9(8)10-2/h3H,1,4-7H2,2H3. The van der Waals surface area contributed by atoms with Crippen LogP contribution >= 0.6 is 0 Å². The number of rotatable bonds is 2. The minimum atomic E-state index is 0.189. The second-order valence-electron chi connectivity index (χ2n) is 2.56. The van der Waals surface area contributed by atoms with E-state index in [4.69, 9.17) is 0 Å². The first-order chi connectivity index (χ1) is 4.88. The molecule has 1 rings (SSSR count). The Balaban J connectivity index is 2.72. The van der Waals surface area contributed by atoms with Crippen molar-refractivity contribution >= 4 is 20.9 Å².